The molecule has 0 aliphatic heterocycles. The van der Waals surface area contributed by atoms with Gasteiger partial charge in [-0.05, 0) is 24.6 Å². The largest absolute Gasteiger partial charge is 0.491 e. The van der Waals surface area contributed by atoms with E-state index in [1.165, 1.54) is 51.4 Å². The minimum absolute atomic E-state index is 0.0666. The van der Waals surface area contributed by atoms with Crippen molar-refractivity contribution in [2.24, 2.45) is 0 Å². The summed E-state index contributed by atoms with van der Waals surface area (Å²) in [5, 5.41) is 18.0. The topological polar surface area (TPSA) is 79.7 Å². The summed E-state index contributed by atoms with van der Waals surface area (Å²) in [6.07, 6.45) is 15.9. The molecule has 1 aromatic heterocycles. The van der Waals surface area contributed by atoms with Gasteiger partial charge in [-0.2, -0.15) is 0 Å². The second kappa shape index (κ2) is 15.2. The SMILES string of the molecule is CCCCCCCCCCCCOc1ccc(CO)nc1/C=C/CC(=O)O. The number of aliphatic hydroxyl groups excluding tert-OH is 1. The number of aliphatic carboxylic acids is 1. The molecular weight excluding hydrogens is 342 g/mol. The Labute approximate surface area is 163 Å². The fourth-order valence-electron chi connectivity index (χ4n) is 2.88. The minimum Gasteiger partial charge on any atom is -0.491 e. The van der Waals surface area contributed by atoms with Crippen LogP contribution in [0.15, 0.2) is 18.2 Å². The first-order chi connectivity index (χ1) is 13.2. The first-order valence-electron chi connectivity index (χ1n) is 10.3. The van der Waals surface area contributed by atoms with Crippen LogP contribution in [0.5, 0.6) is 5.75 Å². The van der Waals surface area contributed by atoms with Crippen LogP contribution in [-0.4, -0.2) is 27.8 Å². The smallest absolute Gasteiger partial charge is 0.307 e. The molecule has 0 saturated carbocycles. The normalized spacial score (nSPS) is 11.2. The average molecular weight is 378 g/mol. The molecule has 0 fully saturated rings. The van der Waals surface area contributed by atoms with E-state index in [4.69, 9.17) is 9.84 Å². The standard InChI is InChI=1S/C22H35NO4/c1-2-3-4-5-6-7-8-9-10-11-17-27-21-16-15-19(18-24)23-20(21)13-12-14-22(25)26/h12-13,15-16,24H,2-11,14,17-18H2,1H3,(H,25,26)/b13-12+. The molecule has 0 bridgehead atoms. The summed E-state index contributed by atoms with van der Waals surface area (Å²) < 4.78 is 5.82. The number of pyridine rings is 1. The van der Waals surface area contributed by atoms with Crippen molar-refractivity contribution in [1.29, 1.82) is 0 Å². The number of carbonyl (C=O) groups is 1. The first kappa shape index (κ1) is 23.2. The van der Waals surface area contributed by atoms with Crippen molar-refractivity contribution in [2.45, 2.75) is 84.2 Å². The molecule has 0 amide bonds. The maximum absolute atomic E-state index is 10.6. The third-order valence-corrected chi connectivity index (χ3v) is 4.43. The third-order valence-electron chi connectivity index (χ3n) is 4.43. The highest BCUT2D eigenvalue weighted by molar-refractivity contribution is 5.70. The molecule has 5 nitrogen and oxygen atoms in total. The highest BCUT2D eigenvalue weighted by Crippen LogP contribution is 2.20. The van der Waals surface area contributed by atoms with E-state index in [0.29, 0.717) is 23.7 Å². The average Bonchev–Trinajstić information content (AvgIpc) is 2.66. The first-order valence-corrected chi connectivity index (χ1v) is 10.3. The zero-order chi connectivity index (χ0) is 19.7. The molecule has 0 radical (unpaired) electrons. The number of ether oxygens (including phenoxy) is 1. The van der Waals surface area contributed by atoms with E-state index in [2.05, 4.69) is 11.9 Å². The van der Waals surface area contributed by atoms with Crippen LogP contribution in [0.4, 0.5) is 0 Å². The molecule has 0 saturated heterocycles. The lowest BCUT2D eigenvalue weighted by Gasteiger charge is -2.10. The van der Waals surface area contributed by atoms with Crippen LogP contribution in [0.3, 0.4) is 0 Å². The molecule has 0 aromatic carbocycles. The van der Waals surface area contributed by atoms with Gasteiger partial charge in [-0.3, -0.25) is 4.79 Å². The summed E-state index contributed by atoms with van der Waals surface area (Å²) in [6, 6.07) is 3.51. The minimum atomic E-state index is -0.891. The molecule has 0 atom stereocenters. The Bertz CT molecular complexity index is 557. The van der Waals surface area contributed by atoms with Gasteiger partial charge in [0.15, 0.2) is 0 Å². The lowest BCUT2D eigenvalue weighted by molar-refractivity contribution is -0.135. The van der Waals surface area contributed by atoms with Crippen LogP contribution in [0.2, 0.25) is 0 Å². The zero-order valence-electron chi connectivity index (χ0n) is 16.7. The fourth-order valence-corrected chi connectivity index (χ4v) is 2.88. The Balaban J connectivity index is 2.27. The van der Waals surface area contributed by atoms with Crippen LogP contribution in [-0.2, 0) is 11.4 Å². The molecule has 0 unspecified atom stereocenters. The third kappa shape index (κ3) is 11.4. The van der Waals surface area contributed by atoms with Crippen molar-refractivity contribution in [2.75, 3.05) is 6.61 Å². The quantitative estimate of drug-likeness (QED) is 0.379. The van der Waals surface area contributed by atoms with Crippen molar-refractivity contribution in [3.63, 3.8) is 0 Å². The van der Waals surface area contributed by atoms with Gasteiger partial charge in [0, 0.05) is 0 Å². The van der Waals surface area contributed by atoms with Crippen LogP contribution < -0.4 is 4.74 Å². The second-order valence-corrected chi connectivity index (χ2v) is 6.87. The summed E-state index contributed by atoms with van der Waals surface area (Å²) in [5.74, 6) is -0.262. The second-order valence-electron chi connectivity index (χ2n) is 6.87. The number of carboxylic acids is 1. The number of carboxylic acid groups (broad SMARTS) is 1. The molecule has 0 aliphatic rings. The molecule has 2 N–H and O–H groups in total. The highest BCUT2D eigenvalue weighted by atomic mass is 16.5. The Morgan fingerprint density at radius 1 is 1.04 bits per heavy atom. The van der Waals surface area contributed by atoms with Crippen molar-refractivity contribution in [3.05, 3.63) is 29.6 Å². The van der Waals surface area contributed by atoms with Crippen molar-refractivity contribution in [3.8, 4) is 5.75 Å². The predicted molar refractivity (Wildman–Crippen MR) is 109 cm³/mol. The van der Waals surface area contributed by atoms with E-state index < -0.39 is 5.97 Å². The van der Waals surface area contributed by atoms with Gasteiger partial charge in [0.05, 0.1) is 25.3 Å². The van der Waals surface area contributed by atoms with E-state index >= 15 is 0 Å². The molecular formula is C22H35NO4. The van der Waals surface area contributed by atoms with E-state index in [1.807, 2.05) is 0 Å². The Morgan fingerprint density at radius 2 is 1.67 bits per heavy atom. The van der Waals surface area contributed by atoms with Gasteiger partial charge in [-0.25, -0.2) is 4.98 Å². The van der Waals surface area contributed by atoms with E-state index in [9.17, 15) is 9.90 Å². The van der Waals surface area contributed by atoms with Gasteiger partial charge in [-0.1, -0.05) is 70.8 Å². The number of hydrogen-bond donors (Lipinski definition) is 2. The number of unbranched alkanes of at least 4 members (excludes halogenated alkanes) is 9. The highest BCUT2D eigenvalue weighted by Gasteiger charge is 2.05. The van der Waals surface area contributed by atoms with E-state index in [1.54, 1.807) is 24.3 Å². The lowest BCUT2D eigenvalue weighted by atomic mass is 10.1. The number of rotatable bonds is 16. The maximum atomic E-state index is 10.6. The Kier molecular flexibility index (Phi) is 13.0. The molecule has 0 spiro atoms. The van der Waals surface area contributed by atoms with Gasteiger partial charge >= 0.3 is 5.97 Å². The molecule has 1 heterocycles. The maximum Gasteiger partial charge on any atom is 0.307 e. The van der Waals surface area contributed by atoms with Crippen LogP contribution in [0.25, 0.3) is 6.08 Å². The molecule has 152 valence electrons. The van der Waals surface area contributed by atoms with Crippen LogP contribution >= 0.6 is 0 Å². The van der Waals surface area contributed by atoms with Gasteiger partial charge in [0.25, 0.3) is 0 Å². The summed E-state index contributed by atoms with van der Waals surface area (Å²) >= 11 is 0. The zero-order valence-corrected chi connectivity index (χ0v) is 16.7. The van der Waals surface area contributed by atoms with Crippen LogP contribution in [0.1, 0.15) is 88.9 Å². The van der Waals surface area contributed by atoms with Gasteiger partial charge in [0.1, 0.15) is 11.4 Å². The number of hydrogen-bond acceptors (Lipinski definition) is 4. The number of aromatic nitrogens is 1. The van der Waals surface area contributed by atoms with Gasteiger partial charge < -0.3 is 14.9 Å². The van der Waals surface area contributed by atoms with Gasteiger partial charge in [-0.15, -0.1) is 0 Å². The van der Waals surface area contributed by atoms with Crippen molar-refractivity contribution in [1.82, 2.24) is 4.98 Å². The Morgan fingerprint density at radius 3 is 2.26 bits per heavy atom. The van der Waals surface area contributed by atoms with Gasteiger partial charge in [0.2, 0.25) is 0 Å². The summed E-state index contributed by atoms with van der Waals surface area (Å²) in [6.45, 7) is 2.71. The number of aliphatic hydroxyl groups is 1. The number of nitrogens with zero attached hydrogens (tertiary/aromatic N) is 1. The van der Waals surface area contributed by atoms with E-state index in [-0.39, 0.29) is 13.0 Å². The lowest BCUT2D eigenvalue weighted by Crippen LogP contribution is -2.02. The summed E-state index contributed by atoms with van der Waals surface area (Å²) in [5.41, 5.74) is 1.10. The fraction of sp³-hybridized carbons (Fsp3) is 0.636. The molecule has 27 heavy (non-hydrogen) atoms. The Hall–Kier alpha value is -1.88. The van der Waals surface area contributed by atoms with Crippen molar-refractivity contribution >= 4 is 12.0 Å². The summed E-state index contributed by atoms with van der Waals surface area (Å²) in [7, 11) is 0. The molecule has 1 rings (SSSR count). The predicted octanol–water partition coefficient (Wildman–Crippen LogP) is 5.36. The van der Waals surface area contributed by atoms with E-state index in [0.717, 1.165) is 12.8 Å². The monoisotopic (exact) mass is 377 g/mol. The molecule has 1 aromatic rings. The van der Waals surface area contributed by atoms with Crippen molar-refractivity contribution < 1.29 is 19.7 Å². The van der Waals surface area contributed by atoms with Crippen LogP contribution in [0, 0.1) is 0 Å². The molecule has 0 aliphatic carbocycles. The molecule has 5 heteroatoms. The summed E-state index contributed by atoms with van der Waals surface area (Å²) in [4.78, 5) is 14.9.